The van der Waals surface area contributed by atoms with E-state index < -0.39 is 24.8 Å². The number of aliphatic carboxylic acids is 2. The lowest BCUT2D eigenvalue weighted by molar-refractivity contribution is -0.148. The molecule has 0 bridgehead atoms. The van der Waals surface area contributed by atoms with Crippen molar-refractivity contribution in [2.24, 2.45) is 0 Å². The highest BCUT2D eigenvalue weighted by Gasteiger charge is 2.42. The van der Waals surface area contributed by atoms with Gasteiger partial charge in [-0.05, 0) is 93.9 Å². The van der Waals surface area contributed by atoms with E-state index in [1.54, 1.807) is 9.80 Å². The standard InChI is InChI=1S/C30H54N4O6/c1-27(2)17-21(18-28(3,4)31-27)33(23(35)15-25(37)38)13-11-9-10-12-14-34(24(36)16-26(39)40)22-19-29(5,6)32-30(7,8)20-22/h21-22,31-32H,9-20H2,1-8H3,(H,37,38)(H,39,40). The number of hydrogen-bond acceptors (Lipinski definition) is 6. The molecule has 230 valence electrons. The van der Waals surface area contributed by atoms with E-state index >= 15 is 0 Å². The van der Waals surface area contributed by atoms with Gasteiger partial charge in [0.1, 0.15) is 12.8 Å². The molecule has 0 aromatic rings. The number of piperidine rings is 2. The van der Waals surface area contributed by atoms with Crippen LogP contribution < -0.4 is 10.6 Å². The minimum atomic E-state index is -1.11. The van der Waals surface area contributed by atoms with Crippen molar-refractivity contribution in [3.05, 3.63) is 0 Å². The van der Waals surface area contributed by atoms with Crippen LogP contribution in [0.3, 0.4) is 0 Å². The molecular weight excluding hydrogens is 512 g/mol. The van der Waals surface area contributed by atoms with Crippen molar-refractivity contribution in [2.45, 2.75) is 154 Å². The Bertz CT molecular complexity index is 823. The van der Waals surface area contributed by atoms with Gasteiger partial charge < -0.3 is 30.6 Å². The summed E-state index contributed by atoms with van der Waals surface area (Å²) in [4.78, 5) is 52.1. The Hall–Kier alpha value is -2.20. The summed E-state index contributed by atoms with van der Waals surface area (Å²) >= 11 is 0. The van der Waals surface area contributed by atoms with E-state index in [9.17, 15) is 29.4 Å². The molecule has 2 rings (SSSR count). The minimum Gasteiger partial charge on any atom is -0.481 e. The molecule has 2 heterocycles. The molecule has 10 nitrogen and oxygen atoms in total. The molecule has 10 heteroatoms. The minimum absolute atomic E-state index is 0.0335. The highest BCUT2D eigenvalue weighted by Crippen LogP contribution is 2.33. The molecule has 0 atom stereocenters. The van der Waals surface area contributed by atoms with Gasteiger partial charge in [-0.1, -0.05) is 12.8 Å². The Morgan fingerprint density at radius 3 is 1.10 bits per heavy atom. The van der Waals surface area contributed by atoms with Crippen LogP contribution in [0.15, 0.2) is 0 Å². The average molecular weight is 567 g/mol. The van der Waals surface area contributed by atoms with Gasteiger partial charge in [0.05, 0.1) is 0 Å². The van der Waals surface area contributed by atoms with Crippen LogP contribution >= 0.6 is 0 Å². The number of carboxylic acid groups (broad SMARTS) is 2. The average Bonchev–Trinajstić information content (AvgIpc) is 2.69. The third-order valence-electron chi connectivity index (χ3n) is 8.01. The lowest BCUT2D eigenvalue weighted by Gasteiger charge is -2.49. The van der Waals surface area contributed by atoms with Crippen molar-refractivity contribution in [1.29, 1.82) is 0 Å². The Morgan fingerprint density at radius 1 is 0.575 bits per heavy atom. The van der Waals surface area contributed by atoms with Gasteiger partial charge in [-0.2, -0.15) is 0 Å². The van der Waals surface area contributed by atoms with Gasteiger partial charge in [-0.15, -0.1) is 0 Å². The second-order valence-electron chi connectivity index (χ2n) is 14.6. The Balaban J connectivity index is 2.00. The maximum Gasteiger partial charge on any atom is 0.312 e. The molecule has 0 radical (unpaired) electrons. The summed E-state index contributed by atoms with van der Waals surface area (Å²) in [5.74, 6) is -2.91. The van der Waals surface area contributed by atoms with Crippen molar-refractivity contribution in [3.63, 3.8) is 0 Å². The summed E-state index contributed by atoms with van der Waals surface area (Å²) in [6, 6.07) is -0.0669. The summed E-state index contributed by atoms with van der Waals surface area (Å²) in [6.45, 7) is 17.9. The molecule has 0 aromatic carbocycles. The maximum atomic E-state index is 13.0. The number of nitrogens with zero attached hydrogens (tertiary/aromatic N) is 2. The maximum absolute atomic E-state index is 13.0. The van der Waals surface area contributed by atoms with Gasteiger partial charge in [0.25, 0.3) is 0 Å². The van der Waals surface area contributed by atoms with Crippen molar-refractivity contribution >= 4 is 23.8 Å². The Kier molecular flexibility index (Phi) is 11.2. The second kappa shape index (κ2) is 13.2. The first-order chi connectivity index (χ1) is 18.2. The van der Waals surface area contributed by atoms with Crippen LogP contribution in [-0.2, 0) is 19.2 Å². The fraction of sp³-hybridized carbons (Fsp3) is 0.867. The van der Waals surface area contributed by atoms with E-state index in [1.807, 2.05) is 0 Å². The van der Waals surface area contributed by atoms with E-state index in [4.69, 9.17) is 0 Å². The van der Waals surface area contributed by atoms with Gasteiger partial charge in [0.2, 0.25) is 11.8 Å². The second-order valence-corrected chi connectivity index (χ2v) is 14.6. The monoisotopic (exact) mass is 566 g/mol. The van der Waals surface area contributed by atoms with E-state index in [2.05, 4.69) is 66.0 Å². The van der Waals surface area contributed by atoms with Crippen LogP contribution in [0.1, 0.15) is 120 Å². The highest BCUT2D eigenvalue weighted by molar-refractivity contribution is 5.94. The summed E-state index contributed by atoms with van der Waals surface area (Å²) in [5.41, 5.74) is -0.675. The first-order valence-corrected chi connectivity index (χ1v) is 14.8. The number of nitrogens with one attached hydrogen (secondary N) is 2. The molecule has 40 heavy (non-hydrogen) atoms. The van der Waals surface area contributed by atoms with Crippen LogP contribution in [0.2, 0.25) is 0 Å². The van der Waals surface area contributed by atoms with E-state index in [0.29, 0.717) is 13.1 Å². The molecule has 0 unspecified atom stereocenters. The van der Waals surface area contributed by atoms with Gasteiger partial charge in [0, 0.05) is 47.3 Å². The molecule has 2 amide bonds. The Labute approximate surface area is 240 Å². The zero-order valence-corrected chi connectivity index (χ0v) is 26.1. The molecule has 2 aliphatic heterocycles. The van der Waals surface area contributed by atoms with Crippen molar-refractivity contribution < 1.29 is 29.4 Å². The number of hydrogen-bond donors (Lipinski definition) is 4. The predicted octanol–water partition coefficient (Wildman–Crippen LogP) is 3.77. The molecule has 2 aliphatic rings. The summed E-state index contributed by atoms with van der Waals surface area (Å²) < 4.78 is 0. The third-order valence-corrected chi connectivity index (χ3v) is 8.01. The number of carbonyl (C=O) groups excluding carboxylic acids is 2. The topological polar surface area (TPSA) is 139 Å². The SMILES string of the molecule is CC1(C)CC(N(CCCCCCN(C(=O)CC(=O)O)C2CC(C)(C)NC(C)(C)C2)C(=O)CC(=O)O)CC(C)(C)N1. The van der Waals surface area contributed by atoms with E-state index in [1.165, 1.54) is 0 Å². The number of rotatable bonds is 13. The normalized spacial score (nSPS) is 21.9. The lowest BCUT2D eigenvalue weighted by atomic mass is 9.78. The molecule has 0 aliphatic carbocycles. The molecule has 2 saturated heterocycles. The van der Waals surface area contributed by atoms with Gasteiger partial charge in [-0.25, -0.2) is 0 Å². The largest absolute Gasteiger partial charge is 0.481 e. The number of carbonyl (C=O) groups is 4. The third kappa shape index (κ3) is 11.0. The zero-order chi connectivity index (χ0) is 30.5. The number of amides is 2. The molecular formula is C30H54N4O6. The first kappa shape index (κ1) is 34.0. The fourth-order valence-corrected chi connectivity index (χ4v) is 7.38. The molecule has 0 spiro atoms. The molecule has 0 saturated carbocycles. The smallest absolute Gasteiger partial charge is 0.312 e. The molecule has 0 aromatic heterocycles. The molecule has 2 fully saturated rings. The van der Waals surface area contributed by atoms with Crippen LogP contribution in [0.25, 0.3) is 0 Å². The van der Waals surface area contributed by atoms with Crippen LogP contribution in [0.4, 0.5) is 0 Å². The molecule has 4 N–H and O–H groups in total. The summed E-state index contributed by atoms with van der Waals surface area (Å²) in [5, 5.41) is 25.8. The predicted molar refractivity (Wildman–Crippen MR) is 155 cm³/mol. The van der Waals surface area contributed by atoms with Crippen LogP contribution in [0.5, 0.6) is 0 Å². The number of unbranched alkanes of at least 4 members (excludes halogenated alkanes) is 3. The van der Waals surface area contributed by atoms with E-state index in [0.717, 1.165) is 51.4 Å². The summed E-state index contributed by atoms with van der Waals surface area (Å²) in [6.07, 6.45) is 5.16. The van der Waals surface area contributed by atoms with Crippen molar-refractivity contribution in [1.82, 2.24) is 20.4 Å². The Morgan fingerprint density at radius 2 is 0.850 bits per heavy atom. The van der Waals surface area contributed by atoms with Gasteiger partial charge >= 0.3 is 11.9 Å². The van der Waals surface area contributed by atoms with Gasteiger partial charge in [0.15, 0.2) is 0 Å². The lowest BCUT2D eigenvalue weighted by Crippen LogP contribution is -2.63. The number of carboxylic acids is 2. The summed E-state index contributed by atoms with van der Waals surface area (Å²) in [7, 11) is 0. The highest BCUT2D eigenvalue weighted by atomic mass is 16.4. The van der Waals surface area contributed by atoms with Crippen LogP contribution in [0, 0.1) is 0 Å². The van der Waals surface area contributed by atoms with Crippen LogP contribution in [-0.4, -0.2) is 91.1 Å². The van der Waals surface area contributed by atoms with Crippen molar-refractivity contribution in [3.8, 4) is 0 Å². The quantitative estimate of drug-likeness (QED) is 0.195. The van der Waals surface area contributed by atoms with Gasteiger partial charge in [-0.3, -0.25) is 19.2 Å². The van der Waals surface area contributed by atoms with Crippen molar-refractivity contribution in [2.75, 3.05) is 13.1 Å². The first-order valence-electron chi connectivity index (χ1n) is 14.8. The zero-order valence-electron chi connectivity index (χ0n) is 26.1. The fourth-order valence-electron chi connectivity index (χ4n) is 7.38. The van der Waals surface area contributed by atoms with E-state index in [-0.39, 0.29) is 46.1 Å².